The third-order valence-electron chi connectivity index (χ3n) is 3.51. The molecular weight excluding hydrogens is 224 g/mol. The van der Waals surface area contributed by atoms with Gasteiger partial charge in [-0.25, -0.2) is 0 Å². The van der Waals surface area contributed by atoms with Crippen LogP contribution in [-0.2, 0) is 4.79 Å². The number of ether oxygens (including phenoxy) is 1. The van der Waals surface area contributed by atoms with Crippen LogP contribution in [-0.4, -0.2) is 12.9 Å². The molecule has 18 heavy (non-hydrogen) atoms. The van der Waals surface area contributed by atoms with Gasteiger partial charge in [0.1, 0.15) is 11.5 Å². The van der Waals surface area contributed by atoms with Crippen LogP contribution in [0.2, 0.25) is 0 Å². The van der Waals surface area contributed by atoms with Gasteiger partial charge in [0, 0.05) is 12.3 Å². The number of hydrogen-bond donors (Lipinski definition) is 0. The summed E-state index contributed by atoms with van der Waals surface area (Å²) in [6, 6.07) is 7.95. The minimum absolute atomic E-state index is 0.251. The van der Waals surface area contributed by atoms with Gasteiger partial charge < -0.3 is 4.74 Å². The zero-order valence-electron chi connectivity index (χ0n) is 10.9. The summed E-state index contributed by atoms with van der Waals surface area (Å²) in [6.07, 6.45) is 9.17. The lowest BCUT2D eigenvalue weighted by atomic mass is 9.85. The minimum atomic E-state index is 0.251. The highest BCUT2D eigenvalue weighted by Gasteiger charge is 2.20. The Bertz CT molecular complexity index is 434. The standard InChI is InChI=1S/C16H20O2/c1-18-15-10-5-7-13(12-15)6-4-9-14-8-2-3-11-16(14)17/h4-7,10,12,14H,2-3,8-9,11H2,1H3/b6-4+/t14-/m1/s1. The van der Waals surface area contributed by atoms with E-state index in [1.807, 2.05) is 24.3 Å². The first-order chi connectivity index (χ1) is 8.79. The maximum absolute atomic E-state index is 11.7. The topological polar surface area (TPSA) is 26.3 Å². The summed E-state index contributed by atoms with van der Waals surface area (Å²) in [7, 11) is 1.67. The summed E-state index contributed by atoms with van der Waals surface area (Å²) < 4.78 is 5.18. The molecule has 1 fully saturated rings. The van der Waals surface area contributed by atoms with Gasteiger partial charge in [0.05, 0.1) is 7.11 Å². The molecule has 0 saturated heterocycles. The fourth-order valence-corrected chi connectivity index (χ4v) is 2.42. The molecule has 96 valence electrons. The molecule has 0 radical (unpaired) electrons. The molecule has 0 N–H and O–H groups in total. The van der Waals surface area contributed by atoms with Crippen molar-refractivity contribution in [1.29, 1.82) is 0 Å². The Labute approximate surface area is 109 Å². The molecular formula is C16H20O2. The van der Waals surface area contributed by atoms with Crippen LogP contribution < -0.4 is 4.74 Å². The molecule has 1 aromatic rings. The molecule has 0 spiro atoms. The average molecular weight is 244 g/mol. The lowest BCUT2D eigenvalue weighted by molar-refractivity contribution is -0.124. The van der Waals surface area contributed by atoms with E-state index in [-0.39, 0.29) is 5.92 Å². The molecule has 0 amide bonds. The SMILES string of the molecule is COc1cccc(/C=C/C[C@H]2CCCCC2=O)c1. The van der Waals surface area contributed by atoms with Crippen molar-refractivity contribution < 1.29 is 9.53 Å². The molecule has 1 aliphatic rings. The van der Waals surface area contributed by atoms with E-state index < -0.39 is 0 Å². The molecule has 1 aromatic carbocycles. The Kier molecular flexibility index (Phi) is 4.57. The fraction of sp³-hybridized carbons (Fsp3) is 0.438. The van der Waals surface area contributed by atoms with E-state index in [9.17, 15) is 4.79 Å². The van der Waals surface area contributed by atoms with Crippen molar-refractivity contribution in [2.75, 3.05) is 7.11 Å². The number of methoxy groups -OCH3 is 1. The van der Waals surface area contributed by atoms with Gasteiger partial charge in [-0.2, -0.15) is 0 Å². The first-order valence-electron chi connectivity index (χ1n) is 6.63. The van der Waals surface area contributed by atoms with Gasteiger partial charge in [-0.15, -0.1) is 0 Å². The molecule has 1 atom stereocenters. The van der Waals surface area contributed by atoms with Crippen molar-refractivity contribution in [1.82, 2.24) is 0 Å². The van der Waals surface area contributed by atoms with E-state index in [0.717, 1.165) is 37.0 Å². The zero-order chi connectivity index (χ0) is 12.8. The van der Waals surface area contributed by atoms with Crippen LogP contribution in [0.4, 0.5) is 0 Å². The number of ketones is 1. The van der Waals surface area contributed by atoms with Crippen molar-refractivity contribution in [3.8, 4) is 5.75 Å². The first kappa shape index (κ1) is 12.9. The van der Waals surface area contributed by atoms with E-state index in [1.165, 1.54) is 6.42 Å². The van der Waals surface area contributed by atoms with Gasteiger partial charge in [0.15, 0.2) is 0 Å². The molecule has 1 saturated carbocycles. The summed E-state index contributed by atoms with van der Waals surface area (Å²) in [4.78, 5) is 11.7. The highest BCUT2D eigenvalue weighted by Crippen LogP contribution is 2.24. The largest absolute Gasteiger partial charge is 0.497 e. The Morgan fingerprint density at radius 3 is 3.06 bits per heavy atom. The predicted molar refractivity (Wildman–Crippen MR) is 73.6 cm³/mol. The van der Waals surface area contributed by atoms with E-state index >= 15 is 0 Å². The monoisotopic (exact) mass is 244 g/mol. The van der Waals surface area contributed by atoms with Crippen molar-refractivity contribution in [3.05, 3.63) is 35.9 Å². The van der Waals surface area contributed by atoms with Crippen LogP contribution in [0.1, 0.15) is 37.7 Å². The van der Waals surface area contributed by atoms with E-state index in [1.54, 1.807) is 7.11 Å². The number of carbonyl (C=O) groups is 1. The van der Waals surface area contributed by atoms with Crippen LogP contribution in [0.5, 0.6) is 5.75 Å². The number of carbonyl (C=O) groups excluding carboxylic acids is 1. The van der Waals surface area contributed by atoms with Crippen molar-refractivity contribution in [2.45, 2.75) is 32.1 Å². The zero-order valence-corrected chi connectivity index (χ0v) is 10.9. The normalized spacial score (nSPS) is 20.3. The average Bonchev–Trinajstić information content (AvgIpc) is 2.41. The maximum atomic E-state index is 11.7. The number of benzene rings is 1. The Morgan fingerprint density at radius 2 is 2.28 bits per heavy atom. The van der Waals surface area contributed by atoms with E-state index in [2.05, 4.69) is 12.2 Å². The second-order valence-electron chi connectivity index (χ2n) is 4.82. The number of rotatable bonds is 4. The summed E-state index contributed by atoms with van der Waals surface area (Å²) >= 11 is 0. The molecule has 2 rings (SSSR count). The summed E-state index contributed by atoms with van der Waals surface area (Å²) in [5.41, 5.74) is 1.12. The van der Waals surface area contributed by atoms with Gasteiger partial charge in [-0.3, -0.25) is 4.79 Å². The van der Waals surface area contributed by atoms with E-state index in [0.29, 0.717) is 5.78 Å². The maximum Gasteiger partial charge on any atom is 0.136 e. The van der Waals surface area contributed by atoms with Crippen molar-refractivity contribution in [2.24, 2.45) is 5.92 Å². The predicted octanol–water partition coefficient (Wildman–Crippen LogP) is 3.86. The molecule has 0 aliphatic heterocycles. The van der Waals surface area contributed by atoms with Gasteiger partial charge in [0.25, 0.3) is 0 Å². The van der Waals surface area contributed by atoms with Crippen LogP contribution >= 0.6 is 0 Å². The van der Waals surface area contributed by atoms with Gasteiger partial charge in [-0.1, -0.05) is 30.7 Å². The van der Waals surface area contributed by atoms with Crippen LogP contribution in [0.25, 0.3) is 6.08 Å². The minimum Gasteiger partial charge on any atom is -0.497 e. The molecule has 2 heteroatoms. The Balaban J connectivity index is 1.92. The third kappa shape index (κ3) is 3.46. The van der Waals surface area contributed by atoms with Crippen LogP contribution in [0, 0.1) is 5.92 Å². The fourth-order valence-electron chi connectivity index (χ4n) is 2.42. The second kappa shape index (κ2) is 6.39. The molecule has 0 bridgehead atoms. The highest BCUT2D eigenvalue weighted by molar-refractivity contribution is 5.81. The first-order valence-corrected chi connectivity index (χ1v) is 6.63. The molecule has 0 heterocycles. The summed E-state index contributed by atoms with van der Waals surface area (Å²) in [6.45, 7) is 0. The quantitative estimate of drug-likeness (QED) is 0.804. The van der Waals surface area contributed by atoms with Gasteiger partial charge in [0.2, 0.25) is 0 Å². The number of hydrogen-bond acceptors (Lipinski definition) is 2. The Hall–Kier alpha value is -1.57. The third-order valence-corrected chi connectivity index (χ3v) is 3.51. The van der Waals surface area contributed by atoms with E-state index in [4.69, 9.17) is 4.74 Å². The summed E-state index contributed by atoms with van der Waals surface area (Å²) in [5.74, 6) is 1.56. The molecule has 0 unspecified atom stereocenters. The lowest BCUT2D eigenvalue weighted by Gasteiger charge is -2.18. The molecule has 1 aliphatic carbocycles. The lowest BCUT2D eigenvalue weighted by Crippen LogP contribution is -2.17. The van der Waals surface area contributed by atoms with Crippen molar-refractivity contribution >= 4 is 11.9 Å². The van der Waals surface area contributed by atoms with Gasteiger partial charge >= 0.3 is 0 Å². The smallest absolute Gasteiger partial charge is 0.136 e. The number of Topliss-reactive ketones (excluding diaryl/α,β-unsaturated/α-hetero) is 1. The Morgan fingerprint density at radius 1 is 1.39 bits per heavy atom. The van der Waals surface area contributed by atoms with Crippen LogP contribution in [0.15, 0.2) is 30.3 Å². The number of allylic oxidation sites excluding steroid dienone is 1. The highest BCUT2D eigenvalue weighted by atomic mass is 16.5. The summed E-state index contributed by atoms with van der Waals surface area (Å²) in [5, 5.41) is 0. The van der Waals surface area contributed by atoms with Crippen molar-refractivity contribution in [3.63, 3.8) is 0 Å². The molecule has 0 aromatic heterocycles. The van der Waals surface area contributed by atoms with Crippen LogP contribution in [0.3, 0.4) is 0 Å². The molecule has 2 nitrogen and oxygen atoms in total. The van der Waals surface area contributed by atoms with Gasteiger partial charge in [-0.05, 0) is 37.0 Å². The second-order valence-corrected chi connectivity index (χ2v) is 4.82.